The van der Waals surface area contributed by atoms with Crippen molar-refractivity contribution >= 4 is 7.81 Å². The quantitative estimate of drug-likeness (QED) is 0.446. The second-order valence-electron chi connectivity index (χ2n) is 0.958. The Hall–Kier alpha value is -0.0300. The van der Waals surface area contributed by atoms with Crippen LogP contribution >= 0.6 is 7.81 Å². The molecular formula is CH6F6NP. The van der Waals surface area contributed by atoms with Crippen molar-refractivity contribution < 1.29 is 26.6 Å². The van der Waals surface area contributed by atoms with Gasteiger partial charge in [0.15, 0.2) is 0 Å². The molecule has 0 aliphatic rings. The molecule has 0 amide bonds. The molecule has 0 bridgehead atoms. The normalized spacial score (nSPS) is 18.7. The van der Waals surface area contributed by atoms with Gasteiger partial charge < -0.3 is 5.73 Å². The Labute approximate surface area is 48.6 Å². The van der Waals surface area contributed by atoms with Gasteiger partial charge in [-0.2, -0.15) is 0 Å². The van der Waals surface area contributed by atoms with Crippen LogP contribution in [-0.4, -0.2) is 7.05 Å². The maximum Gasteiger partial charge on any atom is 1.00 e. The van der Waals surface area contributed by atoms with Crippen LogP contribution in [0.1, 0.15) is 1.43 Å². The number of nitrogens with two attached hydrogens (primary N) is 1. The first-order chi connectivity index (χ1) is 3.45. The number of hydrogen-bond acceptors (Lipinski definition) is 1. The van der Waals surface area contributed by atoms with Gasteiger partial charge in [0, 0.05) is 0 Å². The Morgan fingerprint density at radius 3 is 0.889 bits per heavy atom. The molecule has 0 aromatic rings. The van der Waals surface area contributed by atoms with Gasteiger partial charge in [0.05, 0.1) is 0 Å². The minimum absolute atomic E-state index is 0. The van der Waals surface area contributed by atoms with E-state index < -0.39 is 7.81 Å². The van der Waals surface area contributed by atoms with E-state index in [0.29, 0.717) is 0 Å². The molecule has 9 heavy (non-hydrogen) atoms. The van der Waals surface area contributed by atoms with Crippen LogP contribution in [-0.2, 0) is 0 Å². The largest absolute Gasteiger partial charge is 1.00 e. The first-order valence-electron chi connectivity index (χ1n) is 1.59. The summed E-state index contributed by atoms with van der Waals surface area (Å²) in [5, 5.41) is 0. The maximum atomic E-state index is 9.87. The fraction of sp³-hybridized carbons (Fsp3) is 1.00. The van der Waals surface area contributed by atoms with E-state index in [1.807, 2.05) is 0 Å². The van der Waals surface area contributed by atoms with Crippen LogP contribution in [0, 0.1) is 0 Å². The summed E-state index contributed by atoms with van der Waals surface area (Å²) in [6, 6.07) is 0. The second kappa shape index (κ2) is 1.73. The smallest absolute Gasteiger partial charge is 1.00 e. The van der Waals surface area contributed by atoms with Gasteiger partial charge in [0.2, 0.25) is 0 Å². The summed E-state index contributed by atoms with van der Waals surface area (Å²) in [5.41, 5.74) is 4.50. The van der Waals surface area contributed by atoms with Crippen molar-refractivity contribution in [1.29, 1.82) is 0 Å². The average molecular weight is 177 g/mol. The molecule has 2 N–H and O–H groups in total. The number of halogens is 6. The third kappa shape index (κ3) is 316000. The summed E-state index contributed by atoms with van der Waals surface area (Å²) < 4.78 is 59.2. The fourth-order valence-corrected chi connectivity index (χ4v) is 0. The molecule has 0 aliphatic heterocycles. The van der Waals surface area contributed by atoms with Crippen molar-refractivity contribution in [3.63, 3.8) is 0 Å². The molecule has 0 rings (SSSR count). The zero-order valence-corrected chi connectivity index (χ0v) is 5.19. The Morgan fingerprint density at radius 1 is 0.889 bits per heavy atom. The average Bonchev–Trinajstić information content (AvgIpc) is 1.30. The number of hydrogen-bond donors (Lipinski definition) is 1. The van der Waals surface area contributed by atoms with E-state index in [4.69, 9.17) is 0 Å². The molecule has 0 saturated carbocycles. The predicted molar refractivity (Wildman–Crippen MR) is 24.8 cm³/mol. The van der Waals surface area contributed by atoms with Gasteiger partial charge in [-0.1, -0.05) is 0 Å². The first-order valence-corrected chi connectivity index (χ1v) is 3.62. The monoisotopic (exact) mass is 177 g/mol. The zero-order chi connectivity index (χ0) is 8.41. The van der Waals surface area contributed by atoms with E-state index in [1.165, 1.54) is 7.05 Å². The summed E-state index contributed by atoms with van der Waals surface area (Å²) >= 11 is 0. The summed E-state index contributed by atoms with van der Waals surface area (Å²) in [6.45, 7) is 0. The maximum absolute atomic E-state index is 10.7. The Kier molecular flexibility index (Phi) is 2.25. The van der Waals surface area contributed by atoms with Gasteiger partial charge >= 0.3 is 34.4 Å². The SMILES string of the molecule is CN.F[P-](F)(F)(F)(F)F.[H+]. The van der Waals surface area contributed by atoms with Crippen molar-refractivity contribution in [1.82, 2.24) is 0 Å². The Bertz CT molecular complexity index is 76.3. The van der Waals surface area contributed by atoms with Crippen molar-refractivity contribution in [3.05, 3.63) is 0 Å². The standard InChI is InChI=1S/CH5N.F6P/c1-2;1-7(2,3,4,5)6/h2H2,1H3;/q;-1/p+1. The zero-order valence-electron chi connectivity index (χ0n) is 5.29. The Balaban J connectivity index is -0.000000149. The third-order valence-corrected chi connectivity index (χ3v) is 0. The minimum atomic E-state index is -10.7. The summed E-state index contributed by atoms with van der Waals surface area (Å²) in [6.07, 6.45) is 0. The van der Waals surface area contributed by atoms with Gasteiger partial charge in [-0.05, 0) is 7.05 Å². The van der Waals surface area contributed by atoms with Gasteiger partial charge in [-0.15, -0.1) is 0 Å². The van der Waals surface area contributed by atoms with Crippen molar-refractivity contribution in [2.24, 2.45) is 5.73 Å². The van der Waals surface area contributed by atoms with Crippen LogP contribution in [0.4, 0.5) is 25.2 Å². The van der Waals surface area contributed by atoms with Crippen LogP contribution in [0.15, 0.2) is 0 Å². The topological polar surface area (TPSA) is 26.0 Å². The van der Waals surface area contributed by atoms with Crippen LogP contribution in [0.5, 0.6) is 0 Å². The van der Waals surface area contributed by atoms with E-state index in [9.17, 15) is 25.2 Å². The van der Waals surface area contributed by atoms with Crippen molar-refractivity contribution in [3.8, 4) is 0 Å². The van der Waals surface area contributed by atoms with Gasteiger partial charge in [-0.3, -0.25) is 0 Å². The molecule has 8 heteroatoms. The van der Waals surface area contributed by atoms with E-state index in [0.717, 1.165) is 0 Å². The van der Waals surface area contributed by atoms with Crippen molar-refractivity contribution in [2.75, 3.05) is 7.05 Å². The molecule has 0 heterocycles. The molecule has 0 fully saturated rings. The predicted octanol–water partition coefficient (Wildman–Crippen LogP) is 3.07. The number of rotatable bonds is 0. The van der Waals surface area contributed by atoms with E-state index in [1.54, 1.807) is 0 Å². The van der Waals surface area contributed by atoms with E-state index >= 15 is 0 Å². The molecule has 0 unspecified atom stereocenters. The van der Waals surface area contributed by atoms with Gasteiger partial charge in [0.1, 0.15) is 0 Å². The summed E-state index contributed by atoms with van der Waals surface area (Å²) in [4.78, 5) is 0. The van der Waals surface area contributed by atoms with Gasteiger partial charge in [0.25, 0.3) is 0 Å². The molecule has 0 aliphatic carbocycles. The summed E-state index contributed by atoms with van der Waals surface area (Å²) in [5.74, 6) is 0. The molecule has 0 saturated heterocycles. The minimum Gasteiger partial charge on any atom is 1.00 e. The van der Waals surface area contributed by atoms with Crippen molar-refractivity contribution in [2.45, 2.75) is 0 Å². The molecule has 0 radical (unpaired) electrons. The van der Waals surface area contributed by atoms with Crippen LogP contribution in [0.25, 0.3) is 0 Å². The van der Waals surface area contributed by atoms with E-state index in [-0.39, 0.29) is 1.43 Å². The molecule has 0 spiro atoms. The van der Waals surface area contributed by atoms with E-state index in [2.05, 4.69) is 5.73 Å². The molecule has 1 nitrogen and oxygen atoms in total. The molecule has 62 valence electrons. The molecule has 0 atom stereocenters. The summed E-state index contributed by atoms with van der Waals surface area (Å²) in [7, 11) is -9.16. The third-order valence-electron chi connectivity index (χ3n) is 0. The second-order valence-corrected chi connectivity index (χ2v) is 2.87. The molecular weight excluding hydrogens is 171 g/mol. The molecule has 0 aromatic heterocycles. The Morgan fingerprint density at radius 2 is 0.889 bits per heavy atom. The fourth-order valence-electron chi connectivity index (χ4n) is 0. The van der Waals surface area contributed by atoms with Crippen LogP contribution in [0.3, 0.4) is 0 Å². The van der Waals surface area contributed by atoms with Gasteiger partial charge in [-0.25, -0.2) is 0 Å². The van der Waals surface area contributed by atoms with Crippen LogP contribution < -0.4 is 5.73 Å². The van der Waals surface area contributed by atoms with Crippen LogP contribution in [0.2, 0.25) is 0 Å². The first kappa shape index (κ1) is 11.7. The molecule has 0 aromatic carbocycles.